The Morgan fingerprint density at radius 3 is 2.22 bits per heavy atom. The highest BCUT2D eigenvalue weighted by Gasteiger charge is 2.40. The average Bonchev–Trinajstić information content (AvgIpc) is 2.60. The minimum Gasteiger partial charge on any atom is -0.365 e. The van der Waals surface area contributed by atoms with Crippen molar-refractivity contribution in [2.75, 3.05) is 0 Å². The van der Waals surface area contributed by atoms with Gasteiger partial charge in [0.25, 0.3) is 0 Å². The van der Waals surface area contributed by atoms with E-state index in [0.29, 0.717) is 29.8 Å². The van der Waals surface area contributed by atoms with Crippen LogP contribution in [0.15, 0.2) is 42.5 Å². The molecule has 6 heteroatoms. The second-order valence-electron chi connectivity index (χ2n) is 7.24. The van der Waals surface area contributed by atoms with Crippen LogP contribution in [0.5, 0.6) is 0 Å². The molecule has 3 nitrogen and oxygen atoms in total. The van der Waals surface area contributed by atoms with Crippen molar-refractivity contribution >= 4 is 17.5 Å². The molecular weight excluding hydrogens is 372 g/mol. The van der Waals surface area contributed by atoms with Gasteiger partial charge in [-0.3, -0.25) is 4.79 Å². The van der Waals surface area contributed by atoms with Gasteiger partial charge in [-0.25, -0.2) is 8.78 Å². The quantitative estimate of drug-likeness (QED) is 0.745. The number of amides is 1. The summed E-state index contributed by atoms with van der Waals surface area (Å²) in [5, 5.41) is 3.66. The molecule has 0 radical (unpaired) electrons. The summed E-state index contributed by atoms with van der Waals surface area (Å²) in [6.45, 7) is 3.72. The van der Waals surface area contributed by atoms with E-state index in [1.807, 2.05) is 19.1 Å². The fourth-order valence-electron chi connectivity index (χ4n) is 3.55. The third-order valence-electron chi connectivity index (χ3n) is 4.86. The maximum absolute atomic E-state index is 13.7. The molecule has 3 rings (SSSR count). The van der Waals surface area contributed by atoms with Gasteiger partial charge < -0.3 is 10.1 Å². The van der Waals surface area contributed by atoms with Crippen molar-refractivity contribution in [1.82, 2.24) is 5.32 Å². The zero-order chi connectivity index (χ0) is 19.6. The zero-order valence-corrected chi connectivity index (χ0v) is 16.0. The second kappa shape index (κ2) is 7.95. The number of ether oxygens (including phenoxy) is 1. The molecule has 144 valence electrons. The van der Waals surface area contributed by atoms with Crippen molar-refractivity contribution in [3.63, 3.8) is 0 Å². The lowest BCUT2D eigenvalue weighted by atomic mass is 9.81. The first-order valence-corrected chi connectivity index (χ1v) is 9.34. The van der Waals surface area contributed by atoms with Gasteiger partial charge >= 0.3 is 0 Å². The smallest absolute Gasteiger partial charge is 0.220 e. The molecule has 0 bridgehead atoms. The molecule has 1 saturated heterocycles. The van der Waals surface area contributed by atoms with Gasteiger partial charge in [0.2, 0.25) is 5.91 Å². The number of hydrogen-bond acceptors (Lipinski definition) is 2. The second-order valence-corrected chi connectivity index (χ2v) is 7.67. The van der Waals surface area contributed by atoms with Crippen molar-refractivity contribution in [2.24, 2.45) is 0 Å². The van der Waals surface area contributed by atoms with Crippen LogP contribution in [-0.2, 0) is 9.53 Å². The van der Waals surface area contributed by atoms with E-state index in [1.54, 1.807) is 19.1 Å². The summed E-state index contributed by atoms with van der Waals surface area (Å²) in [7, 11) is 0. The van der Waals surface area contributed by atoms with Gasteiger partial charge in [0.1, 0.15) is 11.6 Å². The predicted octanol–water partition coefficient (Wildman–Crippen LogP) is 5.50. The van der Waals surface area contributed by atoms with E-state index in [0.717, 1.165) is 11.6 Å². The molecular formula is C21H22ClF2NO2. The largest absolute Gasteiger partial charge is 0.365 e. The van der Waals surface area contributed by atoms with E-state index in [9.17, 15) is 13.6 Å². The third kappa shape index (κ3) is 4.85. The Hall–Kier alpha value is -1.98. The van der Waals surface area contributed by atoms with Crippen molar-refractivity contribution in [2.45, 2.75) is 50.9 Å². The van der Waals surface area contributed by atoms with Gasteiger partial charge in [0.05, 0.1) is 12.2 Å². The highest BCUT2D eigenvalue weighted by molar-refractivity contribution is 6.30. The van der Waals surface area contributed by atoms with E-state index in [1.165, 1.54) is 12.1 Å². The van der Waals surface area contributed by atoms with Gasteiger partial charge in [-0.2, -0.15) is 0 Å². The molecule has 0 saturated carbocycles. The van der Waals surface area contributed by atoms with Gasteiger partial charge in [-0.05, 0) is 42.3 Å². The number of halogens is 3. The summed E-state index contributed by atoms with van der Waals surface area (Å²) >= 11 is 5.97. The van der Waals surface area contributed by atoms with Gasteiger partial charge in [-0.15, -0.1) is 0 Å². The van der Waals surface area contributed by atoms with Gasteiger partial charge in [0, 0.05) is 35.9 Å². The van der Waals surface area contributed by atoms with Crippen LogP contribution in [0.25, 0.3) is 0 Å². The Bertz CT molecular complexity index is 807. The molecule has 1 heterocycles. The topological polar surface area (TPSA) is 38.3 Å². The molecule has 1 N–H and O–H groups in total. The van der Waals surface area contributed by atoms with Crippen molar-refractivity contribution in [1.29, 1.82) is 0 Å². The normalized spacial score (nSPS) is 25.2. The predicted molar refractivity (Wildman–Crippen MR) is 100 cm³/mol. The van der Waals surface area contributed by atoms with E-state index in [4.69, 9.17) is 16.3 Å². The average molecular weight is 394 g/mol. The van der Waals surface area contributed by atoms with Crippen LogP contribution < -0.4 is 5.32 Å². The highest BCUT2D eigenvalue weighted by atomic mass is 35.5. The Morgan fingerprint density at radius 2 is 1.67 bits per heavy atom. The van der Waals surface area contributed by atoms with Gasteiger partial charge in [-0.1, -0.05) is 30.7 Å². The van der Waals surface area contributed by atoms with Crippen LogP contribution in [0.3, 0.4) is 0 Å². The summed E-state index contributed by atoms with van der Waals surface area (Å²) in [6, 6.07) is 10.7. The van der Waals surface area contributed by atoms with E-state index in [-0.39, 0.29) is 12.0 Å². The summed E-state index contributed by atoms with van der Waals surface area (Å²) in [5.74, 6) is -1.37. The van der Waals surface area contributed by atoms with E-state index >= 15 is 0 Å². The zero-order valence-electron chi connectivity index (χ0n) is 15.3. The van der Waals surface area contributed by atoms with E-state index in [2.05, 4.69) is 5.32 Å². The third-order valence-corrected chi connectivity index (χ3v) is 5.11. The number of nitrogens with one attached hydrogen (secondary N) is 1. The lowest BCUT2D eigenvalue weighted by Crippen LogP contribution is -2.50. The van der Waals surface area contributed by atoms with Gasteiger partial charge in [0.15, 0.2) is 0 Å². The fourth-order valence-corrected chi connectivity index (χ4v) is 3.68. The van der Waals surface area contributed by atoms with Crippen LogP contribution in [0, 0.1) is 11.6 Å². The van der Waals surface area contributed by atoms with Crippen LogP contribution in [-0.4, -0.2) is 11.4 Å². The number of carbonyl (C=O) groups excluding carboxylic acids is 1. The molecule has 0 aromatic heterocycles. The maximum Gasteiger partial charge on any atom is 0.220 e. The lowest BCUT2D eigenvalue weighted by Gasteiger charge is -2.43. The Balaban J connectivity index is 1.95. The molecule has 3 atom stereocenters. The minimum absolute atomic E-state index is 0.0709. The summed E-state index contributed by atoms with van der Waals surface area (Å²) in [4.78, 5) is 12.0. The monoisotopic (exact) mass is 393 g/mol. The van der Waals surface area contributed by atoms with Crippen LogP contribution in [0.1, 0.15) is 56.4 Å². The summed E-state index contributed by atoms with van der Waals surface area (Å²) < 4.78 is 33.6. The number of hydrogen-bond donors (Lipinski definition) is 1. The van der Waals surface area contributed by atoms with Crippen LogP contribution in [0.2, 0.25) is 5.02 Å². The maximum atomic E-state index is 13.7. The number of rotatable bonds is 4. The number of benzene rings is 2. The molecule has 27 heavy (non-hydrogen) atoms. The molecule has 1 aliphatic rings. The van der Waals surface area contributed by atoms with Crippen molar-refractivity contribution < 1.29 is 18.3 Å². The molecule has 0 unspecified atom stereocenters. The first-order valence-electron chi connectivity index (χ1n) is 8.96. The molecule has 2 aromatic rings. The Morgan fingerprint density at radius 1 is 1.11 bits per heavy atom. The van der Waals surface area contributed by atoms with E-state index < -0.39 is 23.3 Å². The van der Waals surface area contributed by atoms with Crippen molar-refractivity contribution in [3.8, 4) is 0 Å². The minimum atomic E-state index is -0.651. The van der Waals surface area contributed by atoms with Crippen molar-refractivity contribution in [3.05, 3.63) is 70.2 Å². The first-order chi connectivity index (χ1) is 12.8. The number of carbonyl (C=O) groups is 1. The molecule has 2 aromatic carbocycles. The highest BCUT2D eigenvalue weighted by Crippen LogP contribution is 2.44. The Kier molecular flexibility index (Phi) is 5.82. The summed E-state index contributed by atoms with van der Waals surface area (Å²) in [5.41, 5.74) is 0.754. The molecule has 1 fully saturated rings. The van der Waals surface area contributed by atoms with Crippen LogP contribution in [0.4, 0.5) is 8.78 Å². The Labute approximate surface area is 162 Å². The summed E-state index contributed by atoms with van der Waals surface area (Å²) in [6.07, 6.45) is 0.447. The first kappa shape index (κ1) is 19.8. The van der Waals surface area contributed by atoms with Crippen LogP contribution >= 0.6 is 11.6 Å². The molecule has 1 aliphatic heterocycles. The SMILES string of the molecule is CCC(=O)N[C@@]1(C)C[C@@H](c2ccc(Cl)cc2)O[C@@H](c2cc(F)cc(F)c2)C1. The fraction of sp³-hybridized carbons (Fsp3) is 0.381. The molecule has 0 aliphatic carbocycles. The molecule has 0 spiro atoms. The standard InChI is InChI=1S/C21H22ClF2NO2/c1-3-20(26)25-21(2)11-18(13-4-6-15(22)7-5-13)27-19(12-21)14-8-16(23)10-17(24)9-14/h4-10,18-19H,3,11-12H2,1-2H3,(H,25,26)/t18-,19+,21-/m0/s1. The molecule has 1 amide bonds. The lowest BCUT2D eigenvalue weighted by molar-refractivity contribution is -0.128.